The van der Waals surface area contributed by atoms with Crippen molar-refractivity contribution in [3.63, 3.8) is 0 Å². The minimum Gasteiger partial charge on any atom is -0.451 e. The van der Waals surface area contributed by atoms with Crippen molar-refractivity contribution >= 4 is 28.8 Å². The van der Waals surface area contributed by atoms with Gasteiger partial charge in [-0.25, -0.2) is 4.98 Å². The van der Waals surface area contributed by atoms with Crippen LogP contribution in [0.4, 0.5) is 0 Å². The van der Waals surface area contributed by atoms with E-state index in [1.165, 1.54) is 0 Å². The molecule has 0 fully saturated rings. The topological polar surface area (TPSA) is 55.1 Å². The number of thiazole rings is 1. The van der Waals surface area contributed by atoms with Crippen molar-refractivity contribution < 1.29 is 9.21 Å². The highest BCUT2D eigenvalue weighted by Crippen LogP contribution is 2.29. The zero-order valence-electron chi connectivity index (χ0n) is 13.4. The second-order valence-corrected chi connectivity index (χ2v) is 6.96. The van der Waals surface area contributed by atoms with Crippen LogP contribution in [0.3, 0.4) is 0 Å². The number of carbonyl (C=O) groups is 1. The highest BCUT2D eigenvalue weighted by Gasteiger charge is 2.14. The monoisotopic (exact) mass is 360 g/mol. The number of hydrogen-bond donors (Lipinski definition) is 1. The average molecular weight is 361 g/mol. The van der Waals surface area contributed by atoms with Gasteiger partial charge in [0, 0.05) is 16.9 Å². The highest BCUT2D eigenvalue weighted by molar-refractivity contribution is 7.09. The number of furan rings is 1. The van der Waals surface area contributed by atoms with Gasteiger partial charge in [0.05, 0.1) is 22.3 Å². The van der Waals surface area contributed by atoms with Crippen molar-refractivity contribution in [2.45, 2.75) is 26.3 Å². The molecule has 0 atom stereocenters. The molecule has 1 N–H and O–H groups in total. The Hall–Kier alpha value is -2.11. The Labute approximate surface area is 149 Å². The second kappa shape index (κ2) is 7.20. The fourth-order valence-corrected chi connectivity index (χ4v) is 3.26. The molecule has 3 aromatic rings. The summed E-state index contributed by atoms with van der Waals surface area (Å²) >= 11 is 7.76. The Morgan fingerprint density at radius 2 is 2.08 bits per heavy atom. The van der Waals surface area contributed by atoms with E-state index in [1.807, 2.05) is 23.6 Å². The first kappa shape index (κ1) is 16.7. The fraction of sp³-hybridized carbons (Fsp3) is 0.222. The van der Waals surface area contributed by atoms with Gasteiger partial charge in [-0.1, -0.05) is 37.6 Å². The first-order chi connectivity index (χ1) is 11.5. The third-order valence-electron chi connectivity index (χ3n) is 3.46. The van der Waals surface area contributed by atoms with Crippen LogP contribution in [0.2, 0.25) is 5.02 Å². The Morgan fingerprint density at radius 1 is 1.29 bits per heavy atom. The van der Waals surface area contributed by atoms with E-state index in [9.17, 15) is 4.79 Å². The van der Waals surface area contributed by atoms with E-state index < -0.39 is 0 Å². The van der Waals surface area contributed by atoms with Gasteiger partial charge in [-0.2, -0.15) is 0 Å². The molecule has 0 aliphatic rings. The van der Waals surface area contributed by atoms with Crippen molar-refractivity contribution in [2.24, 2.45) is 0 Å². The molecule has 4 nitrogen and oxygen atoms in total. The Morgan fingerprint density at radius 3 is 2.79 bits per heavy atom. The van der Waals surface area contributed by atoms with Crippen LogP contribution >= 0.6 is 22.9 Å². The van der Waals surface area contributed by atoms with Crippen LogP contribution in [0.5, 0.6) is 0 Å². The molecule has 24 heavy (non-hydrogen) atoms. The lowest BCUT2D eigenvalue weighted by Gasteiger charge is -2.02. The molecule has 3 rings (SSSR count). The van der Waals surface area contributed by atoms with E-state index in [2.05, 4.69) is 24.1 Å². The Balaban J connectivity index is 1.66. The lowest BCUT2D eigenvalue weighted by molar-refractivity contribution is 0.0923. The third-order valence-corrected chi connectivity index (χ3v) is 4.99. The van der Waals surface area contributed by atoms with Crippen molar-refractivity contribution in [1.82, 2.24) is 10.3 Å². The zero-order valence-corrected chi connectivity index (χ0v) is 14.9. The summed E-state index contributed by atoms with van der Waals surface area (Å²) in [4.78, 5) is 16.7. The maximum Gasteiger partial charge on any atom is 0.287 e. The molecular weight excluding hydrogens is 344 g/mol. The second-order valence-electron chi connectivity index (χ2n) is 5.66. The molecule has 0 bridgehead atoms. The molecule has 1 aromatic carbocycles. The van der Waals surface area contributed by atoms with Crippen LogP contribution < -0.4 is 5.32 Å². The van der Waals surface area contributed by atoms with Crippen LogP contribution in [0.15, 0.2) is 46.2 Å². The number of nitrogens with one attached hydrogen (secondary N) is 1. The Kier molecular flexibility index (Phi) is 5.02. The molecule has 0 spiro atoms. The molecule has 0 radical (unpaired) electrons. The predicted molar refractivity (Wildman–Crippen MR) is 96.5 cm³/mol. The summed E-state index contributed by atoms with van der Waals surface area (Å²) in [5.74, 6) is 0.945. The van der Waals surface area contributed by atoms with Gasteiger partial charge in [-0.3, -0.25) is 4.79 Å². The highest BCUT2D eigenvalue weighted by atomic mass is 35.5. The summed E-state index contributed by atoms with van der Waals surface area (Å²) in [6.07, 6.45) is 0. The van der Waals surface area contributed by atoms with Gasteiger partial charge >= 0.3 is 0 Å². The quantitative estimate of drug-likeness (QED) is 0.687. The van der Waals surface area contributed by atoms with E-state index in [-0.39, 0.29) is 11.7 Å². The molecule has 0 saturated heterocycles. The van der Waals surface area contributed by atoms with E-state index in [4.69, 9.17) is 16.0 Å². The van der Waals surface area contributed by atoms with Gasteiger partial charge in [0.25, 0.3) is 5.91 Å². The van der Waals surface area contributed by atoms with Gasteiger partial charge in [-0.05, 0) is 24.3 Å². The predicted octanol–water partition coefficient (Wildman–Crippen LogP) is 5.11. The van der Waals surface area contributed by atoms with Crippen LogP contribution in [-0.2, 0) is 6.54 Å². The molecule has 124 valence electrons. The van der Waals surface area contributed by atoms with Crippen LogP contribution in [-0.4, -0.2) is 10.9 Å². The molecule has 0 unspecified atom stereocenters. The van der Waals surface area contributed by atoms with Crippen LogP contribution in [0.25, 0.3) is 11.3 Å². The maximum atomic E-state index is 12.2. The molecule has 6 heteroatoms. The first-order valence-corrected chi connectivity index (χ1v) is 8.87. The number of halogens is 1. The molecule has 0 saturated carbocycles. The molecule has 2 aromatic heterocycles. The lowest BCUT2D eigenvalue weighted by Crippen LogP contribution is -2.22. The summed E-state index contributed by atoms with van der Waals surface area (Å²) in [7, 11) is 0. The summed E-state index contributed by atoms with van der Waals surface area (Å²) in [6, 6.07) is 10.8. The summed E-state index contributed by atoms with van der Waals surface area (Å²) < 4.78 is 5.63. The minimum atomic E-state index is -0.271. The van der Waals surface area contributed by atoms with Crippen LogP contribution in [0, 0.1) is 0 Å². The van der Waals surface area contributed by atoms with E-state index >= 15 is 0 Å². The summed E-state index contributed by atoms with van der Waals surface area (Å²) in [5.41, 5.74) is 1.62. The largest absolute Gasteiger partial charge is 0.451 e. The van der Waals surface area contributed by atoms with E-state index in [0.29, 0.717) is 23.2 Å². The molecule has 2 heterocycles. The van der Waals surface area contributed by atoms with Crippen molar-refractivity contribution in [2.75, 3.05) is 0 Å². The van der Waals surface area contributed by atoms with Gasteiger partial charge in [0.2, 0.25) is 0 Å². The lowest BCUT2D eigenvalue weighted by atomic mass is 10.2. The number of aromatic nitrogens is 1. The summed E-state index contributed by atoms with van der Waals surface area (Å²) in [6.45, 7) is 4.57. The third kappa shape index (κ3) is 3.68. The number of hydrogen-bond acceptors (Lipinski definition) is 4. The van der Waals surface area contributed by atoms with Gasteiger partial charge in [0.1, 0.15) is 5.76 Å². The molecule has 1 amide bonds. The van der Waals surface area contributed by atoms with Gasteiger partial charge in [0.15, 0.2) is 5.76 Å². The standard InChI is InChI=1S/C18H17ClN2O2S/c1-11(2)18-21-12(10-24-18)9-20-17(22)16-8-7-15(23-16)13-5-3-4-6-14(13)19/h3-8,10-11H,9H2,1-2H3,(H,20,22). The van der Waals surface area contributed by atoms with Gasteiger partial charge < -0.3 is 9.73 Å². The Bertz CT molecular complexity index is 854. The van der Waals surface area contributed by atoms with E-state index in [1.54, 1.807) is 29.5 Å². The zero-order chi connectivity index (χ0) is 17.1. The van der Waals surface area contributed by atoms with Crippen molar-refractivity contribution in [3.05, 3.63) is 63.3 Å². The summed E-state index contributed by atoms with van der Waals surface area (Å²) in [5, 5.41) is 6.44. The van der Waals surface area contributed by atoms with Crippen molar-refractivity contribution in [1.29, 1.82) is 0 Å². The average Bonchev–Trinajstić information content (AvgIpc) is 3.22. The molecular formula is C18H17ClN2O2S. The van der Waals surface area contributed by atoms with E-state index in [0.717, 1.165) is 16.3 Å². The molecule has 0 aliphatic carbocycles. The van der Waals surface area contributed by atoms with Crippen molar-refractivity contribution in [3.8, 4) is 11.3 Å². The van der Waals surface area contributed by atoms with Crippen LogP contribution in [0.1, 0.15) is 41.0 Å². The first-order valence-electron chi connectivity index (χ1n) is 7.62. The SMILES string of the molecule is CC(C)c1nc(CNC(=O)c2ccc(-c3ccccc3Cl)o2)cs1. The number of carbonyl (C=O) groups excluding carboxylic acids is 1. The maximum absolute atomic E-state index is 12.2. The number of nitrogens with zero attached hydrogens (tertiary/aromatic N) is 1. The minimum absolute atomic E-state index is 0.254. The smallest absolute Gasteiger partial charge is 0.287 e. The molecule has 0 aliphatic heterocycles. The number of amides is 1. The number of benzene rings is 1. The van der Waals surface area contributed by atoms with Gasteiger partial charge in [-0.15, -0.1) is 11.3 Å². The normalized spacial score (nSPS) is 11.0. The fourth-order valence-electron chi connectivity index (χ4n) is 2.19. The number of rotatable bonds is 5.